The molecule has 1 aliphatic rings. The molecule has 0 radical (unpaired) electrons. The minimum absolute atomic E-state index is 0.00170. The zero-order valence-corrected chi connectivity index (χ0v) is 16.6. The quantitative estimate of drug-likeness (QED) is 0.267. The summed E-state index contributed by atoms with van der Waals surface area (Å²) < 4.78 is 5.97. The van der Waals surface area contributed by atoms with Crippen molar-refractivity contribution in [3.05, 3.63) is 22.4 Å². The van der Waals surface area contributed by atoms with Gasteiger partial charge in [0.15, 0.2) is 5.96 Å². The molecule has 6 nitrogen and oxygen atoms in total. The Balaban J connectivity index is 1.49. The van der Waals surface area contributed by atoms with Crippen LogP contribution in [0.4, 0.5) is 0 Å². The van der Waals surface area contributed by atoms with Gasteiger partial charge in [-0.05, 0) is 30.7 Å². The van der Waals surface area contributed by atoms with Gasteiger partial charge in [-0.2, -0.15) is 0 Å². The van der Waals surface area contributed by atoms with Crippen molar-refractivity contribution in [3.63, 3.8) is 0 Å². The molecule has 1 aromatic heterocycles. The van der Waals surface area contributed by atoms with Crippen molar-refractivity contribution in [2.45, 2.75) is 51.0 Å². The minimum Gasteiger partial charge on any atom is -0.376 e. The van der Waals surface area contributed by atoms with E-state index in [9.17, 15) is 4.79 Å². The Morgan fingerprint density at radius 2 is 1.88 bits per heavy atom. The average Bonchev–Trinajstić information content (AvgIpc) is 3.08. The zero-order chi connectivity index (χ0) is 18.5. The highest BCUT2D eigenvalue weighted by atomic mass is 32.1. The highest BCUT2D eigenvalue weighted by Crippen LogP contribution is 2.19. The lowest BCUT2D eigenvalue weighted by Gasteiger charge is -2.16. The number of carbonyl (C=O) groups is 1. The highest BCUT2D eigenvalue weighted by molar-refractivity contribution is 7.12. The summed E-state index contributed by atoms with van der Waals surface area (Å²) in [6.45, 7) is 2.87. The molecule has 146 valence electrons. The van der Waals surface area contributed by atoms with Crippen LogP contribution in [0.2, 0.25) is 0 Å². The average molecular weight is 381 g/mol. The van der Waals surface area contributed by atoms with Gasteiger partial charge in [0, 0.05) is 26.7 Å². The molecule has 26 heavy (non-hydrogen) atoms. The van der Waals surface area contributed by atoms with Gasteiger partial charge in [-0.1, -0.05) is 31.7 Å². The number of thiophene rings is 1. The minimum atomic E-state index is -0.00170. The number of guanidine groups is 1. The molecule has 1 amide bonds. The predicted octanol–water partition coefficient (Wildman–Crippen LogP) is 2.77. The molecule has 1 aromatic rings. The Morgan fingerprint density at radius 1 is 1.15 bits per heavy atom. The second kappa shape index (κ2) is 12.7. The number of ether oxygens (including phenoxy) is 1. The summed E-state index contributed by atoms with van der Waals surface area (Å²) in [4.78, 5) is 16.8. The molecule has 0 saturated heterocycles. The van der Waals surface area contributed by atoms with E-state index < -0.39 is 0 Å². The van der Waals surface area contributed by atoms with Gasteiger partial charge >= 0.3 is 0 Å². The van der Waals surface area contributed by atoms with Crippen molar-refractivity contribution < 1.29 is 9.53 Å². The Morgan fingerprint density at radius 3 is 2.58 bits per heavy atom. The number of hydrogen-bond donors (Lipinski definition) is 3. The third kappa shape index (κ3) is 8.19. The first-order valence-electron chi connectivity index (χ1n) is 9.67. The number of nitrogens with one attached hydrogen (secondary N) is 3. The maximum absolute atomic E-state index is 11.8. The summed E-state index contributed by atoms with van der Waals surface area (Å²) >= 11 is 1.46. The SMILES string of the molecule is CN=C(NCCCNC(=O)c1cccs1)NCCOC1CCCCCC1. The fourth-order valence-corrected chi connectivity index (χ4v) is 3.66. The molecule has 1 fully saturated rings. The fraction of sp³-hybridized carbons (Fsp3) is 0.684. The molecule has 2 rings (SSSR count). The van der Waals surface area contributed by atoms with Gasteiger partial charge in [0.2, 0.25) is 0 Å². The first-order chi connectivity index (χ1) is 12.8. The fourth-order valence-electron chi connectivity index (χ4n) is 3.02. The van der Waals surface area contributed by atoms with Crippen LogP contribution in [0.5, 0.6) is 0 Å². The van der Waals surface area contributed by atoms with Crippen molar-refractivity contribution in [2.75, 3.05) is 33.3 Å². The van der Waals surface area contributed by atoms with E-state index in [-0.39, 0.29) is 5.91 Å². The van der Waals surface area contributed by atoms with E-state index in [4.69, 9.17) is 4.74 Å². The van der Waals surface area contributed by atoms with Crippen LogP contribution in [0.25, 0.3) is 0 Å². The van der Waals surface area contributed by atoms with E-state index in [1.54, 1.807) is 7.05 Å². The van der Waals surface area contributed by atoms with Crippen LogP contribution in [0.15, 0.2) is 22.5 Å². The van der Waals surface area contributed by atoms with Crippen LogP contribution in [0.3, 0.4) is 0 Å². The first-order valence-corrected chi connectivity index (χ1v) is 10.6. The lowest BCUT2D eigenvalue weighted by Crippen LogP contribution is -2.40. The number of aliphatic imine (C=N–C) groups is 1. The van der Waals surface area contributed by atoms with Crippen LogP contribution >= 0.6 is 11.3 Å². The van der Waals surface area contributed by atoms with Gasteiger partial charge in [0.05, 0.1) is 17.6 Å². The molecule has 7 heteroatoms. The summed E-state index contributed by atoms with van der Waals surface area (Å²) in [5.41, 5.74) is 0. The molecule has 3 N–H and O–H groups in total. The van der Waals surface area contributed by atoms with E-state index in [0.717, 1.165) is 30.3 Å². The van der Waals surface area contributed by atoms with Crippen molar-refractivity contribution in [1.82, 2.24) is 16.0 Å². The maximum atomic E-state index is 11.8. The van der Waals surface area contributed by atoms with Gasteiger partial charge < -0.3 is 20.7 Å². The standard InChI is InChI=1S/C19H32N4O2S/c1-20-19(23-13-14-25-16-8-4-2-3-5-9-16)22-12-7-11-21-18(24)17-10-6-15-26-17/h6,10,15-16H,2-5,7-9,11-14H2,1H3,(H,21,24)(H2,20,22,23). The number of carbonyl (C=O) groups excluding carboxylic acids is 1. The Hall–Kier alpha value is -1.60. The van der Waals surface area contributed by atoms with Crippen LogP contribution in [0.1, 0.15) is 54.6 Å². The second-order valence-electron chi connectivity index (χ2n) is 6.50. The van der Waals surface area contributed by atoms with Gasteiger partial charge in [-0.25, -0.2) is 0 Å². The summed E-state index contributed by atoms with van der Waals surface area (Å²) in [6.07, 6.45) is 8.96. The molecule has 0 bridgehead atoms. The Bertz CT molecular complexity index is 526. The van der Waals surface area contributed by atoms with E-state index >= 15 is 0 Å². The lowest BCUT2D eigenvalue weighted by atomic mass is 10.1. The first kappa shape index (κ1) is 20.7. The summed E-state index contributed by atoms with van der Waals surface area (Å²) in [5, 5.41) is 11.4. The lowest BCUT2D eigenvalue weighted by molar-refractivity contribution is 0.0468. The van der Waals surface area contributed by atoms with Crippen LogP contribution in [-0.4, -0.2) is 51.3 Å². The second-order valence-corrected chi connectivity index (χ2v) is 7.44. The monoisotopic (exact) mass is 380 g/mol. The highest BCUT2D eigenvalue weighted by Gasteiger charge is 2.12. The van der Waals surface area contributed by atoms with Gasteiger partial charge in [-0.15, -0.1) is 11.3 Å². The van der Waals surface area contributed by atoms with E-state index in [1.807, 2.05) is 17.5 Å². The summed E-state index contributed by atoms with van der Waals surface area (Å²) in [6, 6.07) is 3.72. The molecular weight excluding hydrogens is 348 g/mol. The van der Waals surface area contributed by atoms with Gasteiger partial charge in [0.1, 0.15) is 0 Å². The number of rotatable bonds is 9. The third-order valence-corrected chi connectivity index (χ3v) is 5.32. The van der Waals surface area contributed by atoms with E-state index in [1.165, 1.54) is 49.9 Å². The molecule has 1 heterocycles. The van der Waals surface area contributed by atoms with Gasteiger partial charge in [0.25, 0.3) is 5.91 Å². The number of nitrogens with zero attached hydrogens (tertiary/aromatic N) is 1. The third-order valence-electron chi connectivity index (χ3n) is 4.45. The van der Waals surface area contributed by atoms with E-state index in [2.05, 4.69) is 20.9 Å². The van der Waals surface area contributed by atoms with Crippen molar-refractivity contribution in [2.24, 2.45) is 4.99 Å². The Labute approximate surface area is 160 Å². The van der Waals surface area contributed by atoms with Crippen molar-refractivity contribution in [1.29, 1.82) is 0 Å². The molecule has 1 aliphatic carbocycles. The summed E-state index contributed by atoms with van der Waals surface area (Å²) in [7, 11) is 1.76. The van der Waals surface area contributed by atoms with Crippen LogP contribution in [0, 0.1) is 0 Å². The molecular formula is C19H32N4O2S. The molecule has 0 spiro atoms. The van der Waals surface area contributed by atoms with Gasteiger partial charge in [-0.3, -0.25) is 9.79 Å². The molecule has 0 atom stereocenters. The maximum Gasteiger partial charge on any atom is 0.261 e. The number of amides is 1. The van der Waals surface area contributed by atoms with Crippen LogP contribution in [-0.2, 0) is 4.74 Å². The van der Waals surface area contributed by atoms with Crippen LogP contribution < -0.4 is 16.0 Å². The molecule has 1 saturated carbocycles. The molecule has 0 unspecified atom stereocenters. The number of hydrogen-bond acceptors (Lipinski definition) is 4. The molecule has 0 aromatic carbocycles. The van der Waals surface area contributed by atoms with Crippen molar-refractivity contribution >= 4 is 23.2 Å². The largest absolute Gasteiger partial charge is 0.376 e. The van der Waals surface area contributed by atoms with E-state index in [0.29, 0.717) is 19.3 Å². The smallest absolute Gasteiger partial charge is 0.261 e. The Kier molecular flexibility index (Phi) is 10.1. The zero-order valence-electron chi connectivity index (χ0n) is 15.8. The summed E-state index contributed by atoms with van der Waals surface area (Å²) in [5.74, 6) is 0.775. The normalized spacial score (nSPS) is 16.1. The predicted molar refractivity (Wildman–Crippen MR) is 108 cm³/mol. The molecule has 0 aliphatic heterocycles. The topological polar surface area (TPSA) is 74.8 Å². The van der Waals surface area contributed by atoms with Crippen molar-refractivity contribution in [3.8, 4) is 0 Å².